The molecule has 20 heavy (non-hydrogen) atoms. The number of nitrogens with one attached hydrogen (secondary N) is 2. The molecule has 1 spiro atoms. The standard InChI is InChI=1S/C15H19F3N2/c16-15(17,18)11-4-5-12-13(10-11)19-9-8-14(20-12)6-2-1-3-7-14/h4-5,10,19-20H,1-3,6-9H2. The molecule has 1 aliphatic carbocycles. The molecule has 2 N–H and O–H groups in total. The second-order valence-electron chi connectivity index (χ2n) is 5.90. The first-order valence-electron chi connectivity index (χ1n) is 7.22. The summed E-state index contributed by atoms with van der Waals surface area (Å²) in [5, 5.41) is 6.67. The Kier molecular flexibility index (Phi) is 3.30. The Morgan fingerprint density at radius 3 is 2.40 bits per heavy atom. The van der Waals surface area contributed by atoms with Crippen molar-refractivity contribution in [2.75, 3.05) is 17.2 Å². The molecule has 0 unspecified atom stereocenters. The molecule has 1 fully saturated rings. The van der Waals surface area contributed by atoms with Crippen molar-refractivity contribution in [2.45, 2.75) is 50.2 Å². The van der Waals surface area contributed by atoms with Crippen molar-refractivity contribution in [1.29, 1.82) is 0 Å². The Morgan fingerprint density at radius 1 is 0.950 bits per heavy atom. The number of rotatable bonds is 0. The quantitative estimate of drug-likeness (QED) is 0.725. The van der Waals surface area contributed by atoms with E-state index >= 15 is 0 Å². The second kappa shape index (κ2) is 4.86. The SMILES string of the molecule is FC(F)(F)c1ccc2c(c1)NCCC1(CCCCC1)N2. The van der Waals surface area contributed by atoms with Gasteiger partial charge in [0.15, 0.2) is 0 Å². The first-order valence-corrected chi connectivity index (χ1v) is 7.22. The van der Waals surface area contributed by atoms with Crippen molar-refractivity contribution in [3.63, 3.8) is 0 Å². The lowest BCUT2D eigenvalue weighted by Crippen LogP contribution is -2.40. The topological polar surface area (TPSA) is 24.1 Å². The molecule has 5 heteroatoms. The summed E-state index contributed by atoms with van der Waals surface area (Å²) in [6.45, 7) is 0.724. The molecule has 1 aliphatic heterocycles. The van der Waals surface area contributed by atoms with E-state index < -0.39 is 11.7 Å². The van der Waals surface area contributed by atoms with Crippen molar-refractivity contribution < 1.29 is 13.2 Å². The average Bonchev–Trinajstić information content (AvgIpc) is 2.56. The number of alkyl halides is 3. The number of hydrogen-bond donors (Lipinski definition) is 2. The summed E-state index contributed by atoms with van der Waals surface area (Å²) in [5.74, 6) is 0. The van der Waals surface area contributed by atoms with Gasteiger partial charge in [0, 0.05) is 12.1 Å². The van der Waals surface area contributed by atoms with Gasteiger partial charge in [0.2, 0.25) is 0 Å². The average molecular weight is 284 g/mol. The lowest BCUT2D eigenvalue weighted by Gasteiger charge is -2.38. The van der Waals surface area contributed by atoms with Gasteiger partial charge in [-0.3, -0.25) is 0 Å². The monoisotopic (exact) mass is 284 g/mol. The molecule has 1 aromatic carbocycles. The number of hydrogen-bond acceptors (Lipinski definition) is 2. The van der Waals surface area contributed by atoms with Crippen molar-refractivity contribution in [2.24, 2.45) is 0 Å². The van der Waals surface area contributed by atoms with Gasteiger partial charge < -0.3 is 10.6 Å². The molecule has 2 aliphatic rings. The third-order valence-corrected chi connectivity index (χ3v) is 4.48. The van der Waals surface area contributed by atoms with E-state index in [1.54, 1.807) is 6.07 Å². The van der Waals surface area contributed by atoms with Gasteiger partial charge in [0.1, 0.15) is 0 Å². The van der Waals surface area contributed by atoms with Crippen LogP contribution in [0.15, 0.2) is 18.2 Å². The molecule has 2 nitrogen and oxygen atoms in total. The Morgan fingerprint density at radius 2 is 1.70 bits per heavy atom. The number of fused-ring (bicyclic) bond motifs is 1. The molecule has 1 saturated carbocycles. The predicted octanol–water partition coefficient (Wildman–Crippen LogP) is 4.64. The molecule has 0 saturated heterocycles. The Hall–Kier alpha value is -1.39. The van der Waals surface area contributed by atoms with E-state index in [0.29, 0.717) is 5.69 Å². The van der Waals surface area contributed by atoms with Crippen LogP contribution in [0.4, 0.5) is 24.5 Å². The summed E-state index contributed by atoms with van der Waals surface area (Å²) in [6, 6.07) is 3.94. The number of benzene rings is 1. The minimum absolute atomic E-state index is 0.0657. The highest BCUT2D eigenvalue weighted by Gasteiger charge is 2.35. The zero-order valence-electron chi connectivity index (χ0n) is 11.3. The van der Waals surface area contributed by atoms with Crippen LogP contribution in [-0.2, 0) is 6.18 Å². The number of anilines is 2. The van der Waals surface area contributed by atoms with Crippen molar-refractivity contribution in [1.82, 2.24) is 0 Å². The Labute approximate surface area is 116 Å². The van der Waals surface area contributed by atoms with Crippen LogP contribution >= 0.6 is 0 Å². The van der Waals surface area contributed by atoms with Crippen LogP contribution in [0.25, 0.3) is 0 Å². The molecule has 0 bridgehead atoms. The highest BCUT2D eigenvalue weighted by Crippen LogP contribution is 2.40. The van der Waals surface area contributed by atoms with Crippen LogP contribution in [0, 0.1) is 0 Å². The van der Waals surface area contributed by atoms with Gasteiger partial charge in [-0.15, -0.1) is 0 Å². The van der Waals surface area contributed by atoms with E-state index in [1.807, 2.05) is 0 Å². The third kappa shape index (κ3) is 2.58. The number of halogens is 3. The zero-order chi connectivity index (χ0) is 14.2. The van der Waals surface area contributed by atoms with Crippen LogP contribution in [0.1, 0.15) is 44.1 Å². The molecular weight excluding hydrogens is 265 g/mol. The Balaban J connectivity index is 1.90. The van der Waals surface area contributed by atoms with Gasteiger partial charge in [-0.2, -0.15) is 13.2 Å². The summed E-state index contributed by atoms with van der Waals surface area (Å²) in [7, 11) is 0. The molecule has 1 aromatic rings. The summed E-state index contributed by atoms with van der Waals surface area (Å²) >= 11 is 0. The van der Waals surface area contributed by atoms with Crippen molar-refractivity contribution in [3.05, 3.63) is 23.8 Å². The highest BCUT2D eigenvalue weighted by molar-refractivity contribution is 5.71. The second-order valence-corrected chi connectivity index (χ2v) is 5.90. The molecule has 110 valence electrons. The van der Waals surface area contributed by atoms with Gasteiger partial charge in [-0.1, -0.05) is 19.3 Å². The molecule has 0 aromatic heterocycles. The summed E-state index contributed by atoms with van der Waals surface area (Å²) < 4.78 is 38.3. The maximum absolute atomic E-state index is 12.8. The molecule has 3 rings (SSSR count). The van der Waals surface area contributed by atoms with Crippen LogP contribution in [-0.4, -0.2) is 12.1 Å². The molecule has 0 amide bonds. The van der Waals surface area contributed by atoms with Gasteiger partial charge in [-0.05, 0) is 37.5 Å². The van der Waals surface area contributed by atoms with Gasteiger partial charge >= 0.3 is 6.18 Å². The van der Waals surface area contributed by atoms with Crippen LogP contribution in [0.2, 0.25) is 0 Å². The predicted molar refractivity (Wildman–Crippen MR) is 74.0 cm³/mol. The normalized spacial score (nSPS) is 21.6. The minimum Gasteiger partial charge on any atom is -0.383 e. The minimum atomic E-state index is -4.29. The lowest BCUT2D eigenvalue weighted by atomic mass is 9.79. The zero-order valence-corrected chi connectivity index (χ0v) is 11.3. The van der Waals surface area contributed by atoms with E-state index in [2.05, 4.69) is 10.6 Å². The molecule has 1 heterocycles. The van der Waals surface area contributed by atoms with E-state index in [4.69, 9.17) is 0 Å². The Bertz CT molecular complexity index is 490. The van der Waals surface area contributed by atoms with Crippen molar-refractivity contribution >= 4 is 11.4 Å². The van der Waals surface area contributed by atoms with Crippen LogP contribution in [0.3, 0.4) is 0 Å². The van der Waals surface area contributed by atoms with Gasteiger partial charge in [-0.25, -0.2) is 0 Å². The summed E-state index contributed by atoms with van der Waals surface area (Å²) in [6.07, 6.45) is 2.54. The van der Waals surface area contributed by atoms with Gasteiger partial charge in [0.05, 0.1) is 16.9 Å². The molecular formula is C15H19F3N2. The largest absolute Gasteiger partial charge is 0.416 e. The molecule has 0 atom stereocenters. The summed E-state index contributed by atoms with van der Waals surface area (Å²) in [4.78, 5) is 0. The highest BCUT2D eigenvalue weighted by atomic mass is 19.4. The van der Waals surface area contributed by atoms with E-state index in [0.717, 1.165) is 37.6 Å². The third-order valence-electron chi connectivity index (χ3n) is 4.48. The lowest BCUT2D eigenvalue weighted by molar-refractivity contribution is -0.137. The fourth-order valence-electron chi connectivity index (χ4n) is 3.36. The summed E-state index contributed by atoms with van der Waals surface area (Å²) in [5.41, 5.74) is 0.848. The first kappa shape index (κ1) is 13.6. The van der Waals surface area contributed by atoms with Gasteiger partial charge in [0.25, 0.3) is 0 Å². The van der Waals surface area contributed by atoms with E-state index in [1.165, 1.54) is 25.3 Å². The fourth-order valence-corrected chi connectivity index (χ4v) is 3.36. The molecule has 0 radical (unpaired) electrons. The van der Waals surface area contributed by atoms with E-state index in [-0.39, 0.29) is 5.54 Å². The van der Waals surface area contributed by atoms with Crippen LogP contribution < -0.4 is 10.6 Å². The smallest absolute Gasteiger partial charge is 0.383 e. The first-order chi connectivity index (χ1) is 9.49. The van der Waals surface area contributed by atoms with E-state index in [9.17, 15) is 13.2 Å². The maximum Gasteiger partial charge on any atom is 0.416 e. The fraction of sp³-hybridized carbons (Fsp3) is 0.600. The van der Waals surface area contributed by atoms with Crippen molar-refractivity contribution in [3.8, 4) is 0 Å². The van der Waals surface area contributed by atoms with Crippen LogP contribution in [0.5, 0.6) is 0 Å². The maximum atomic E-state index is 12.8.